The molecule has 128 valence electrons. The van der Waals surface area contributed by atoms with E-state index in [0.717, 1.165) is 10.9 Å². The van der Waals surface area contributed by atoms with Gasteiger partial charge in [0, 0.05) is 28.2 Å². The third kappa shape index (κ3) is 3.16. The molecule has 0 aliphatic carbocycles. The van der Waals surface area contributed by atoms with Gasteiger partial charge in [-0.05, 0) is 26.0 Å². The Kier molecular flexibility index (Phi) is 4.37. The monoisotopic (exact) mass is 358 g/mol. The zero-order valence-corrected chi connectivity index (χ0v) is 14.3. The molecular weight excluding hydrogens is 344 g/mol. The van der Waals surface area contributed by atoms with Gasteiger partial charge in [0.2, 0.25) is 5.78 Å². The molecule has 0 aliphatic rings. The van der Waals surface area contributed by atoms with Crippen molar-refractivity contribution in [3.63, 3.8) is 0 Å². The SMILES string of the molecule is Cc1[nH]c2ccccc2c1C(=O)C(C)OC(=O)c1ccc([N+](=O)[O-])s1. The molecule has 8 heteroatoms. The molecule has 7 nitrogen and oxygen atoms in total. The molecule has 1 aromatic carbocycles. The Balaban J connectivity index is 1.81. The van der Waals surface area contributed by atoms with Crippen molar-refractivity contribution in [2.45, 2.75) is 20.0 Å². The van der Waals surface area contributed by atoms with Crippen LogP contribution in [0.25, 0.3) is 10.9 Å². The molecule has 0 radical (unpaired) electrons. The van der Waals surface area contributed by atoms with Crippen LogP contribution in [-0.2, 0) is 4.74 Å². The molecule has 2 aromatic heterocycles. The number of aromatic amines is 1. The molecule has 0 bridgehead atoms. The van der Waals surface area contributed by atoms with Gasteiger partial charge in [-0.15, -0.1) is 0 Å². The number of ether oxygens (including phenoxy) is 1. The number of hydrogen-bond donors (Lipinski definition) is 1. The number of benzene rings is 1. The molecule has 0 saturated heterocycles. The molecule has 25 heavy (non-hydrogen) atoms. The van der Waals surface area contributed by atoms with Gasteiger partial charge in [0.15, 0.2) is 6.10 Å². The quantitative estimate of drug-likeness (QED) is 0.323. The molecule has 0 aliphatic heterocycles. The standard InChI is InChI=1S/C17H14N2O5S/c1-9-15(11-5-3-4-6-12(11)18-9)16(20)10(2)24-17(21)13-7-8-14(25-13)19(22)23/h3-8,10,18H,1-2H3. The number of aromatic nitrogens is 1. The second-order valence-electron chi connectivity index (χ2n) is 5.48. The van der Waals surface area contributed by atoms with Crippen LogP contribution in [0.15, 0.2) is 36.4 Å². The summed E-state index contributed by atoms with van der Waals surface area (Å²) in [6.07, 6.45) is -1.01. The first-order chi connectivity index (χ1) is 11.9. The number of Topliss-reactive ketones (excluding diaryl/α,β-unsaturated/α-hetero) is 1. The molecule has 3 aromatic rings. The first-order valence-corrected chi connectivity index (χ1v) is 8.27. The number of nitro groups is 1. The van der Waals surface area contributed by atoms with Crippen LogP contribution in [0.3, 0.4) is 0 Å². The molecule has 1 unspecified atom stereocenters. The fourth-order valence-electron chi connectivity index (χ4n) is 2.61. The Morgan fingerprint density at radius 3 is 2.64 bits per heavy atom. The van der Waals surface area contributed by atoms with Gasteiger partial charge in [0.05, 0.1) is 4.92 Å². The summed E-state index contributed by atoms with van der Waals surface area (Å²) in [5.41, 5.74) is 2.00. The van der Waals surface area contributed by atoms with E-state index in [0.29, 0.717) is 22.6 Å². The van der Waals surface area contributed by atoms with Gasteiger partial charge >= 0.3 is 11.0 Å². The minimum absolute atomic E-state index is 0.0852. The fraction of sp³-hybridized carbons (Fsp3) is 0.176. The van der Waals surface area contributed by atoms with Crippen molar-refractivity contribution in [2.24, 2.45) is 0 Å². The first kappa shape index (κ1) is 16.8. The highest BCUT2D eigenvalue weighted by molar-refractivity contribution is 7.17. The van der Waals surface area contributed by atoms with E-state index < -0.39 is 17.0 Å². The molecule has 3 rings (SSSR count). The number of aryl methyl sites for hydroxylation is 1. The van der Waals surface area contributed by atoms with E-state index in [1.807, 2.05) is 24.3 Å². The predicted molar refractivity (Wildman–Crippen MR) is 93.2 cm³/mol. The Morgan fingerprint density at radius 2 is 1.96 bits per heavy atom. The molecule has 1 N–H and O–H groups in total. The first-order valence-electron chi connectivity index (χ1n) is 7.45. The summed E-state index contributed by atoms with van der Waals surface area (Å²) in [6.45, 7) is 3.27. The summed E-state index contributed by atoms with van der Waals surface area (Å²) in [4.78, 5) is 38.2. The largest absolute Gasteiger partial charge is 0.450 e. The van der Waals surface area contributed by atoms with Gasteiger partial charge in [-0.2, -0.15) is 0 Å². The number of esters is 1. The highest BCUT2D eigenvalue weighted by Gasteiger charge is 2.26. The summed E-state index contributed by atoms with van der Waals surface area (Å²) in [5, 5.41) is 11.3. The van der Waals surface area contributed by atoms with Gasteiger partial charge in [-0.25, -0.2) is 4.79 Å². The van der Waals surface area contributed by atoms with Crippen molar-refractivity contribution < 1.29 is 19.2 Å². The number of H-pyrrole nitrogens is 1. The number of nitrogens with zero attached hydrogens (tertiary/aromatic N) is 1. The topological polar surface area (TPSA) is 102 Å². The third-order valence-corrected chi connectivity index (χ3v) is 4.78. The maximum atomic E-state index is 12.7. The van der Waals surface area contributed by atoms with Gasteiger partial charge in [-0.3, -0.25) is 14.9 Å². The van der Waals surface area contributed by atoms with Crippen LogP contribution in [0, 0.1) is 17.0 Å². The van der Waals surface area contributed by atoms with Crippen LogP contribution >= 0.6 is 11.3 Å². The number of fused-ring (bicyclic) bond motifs is 1. The van der Waals surface area contributed by atoms with Gasteiger partial charge in [-0.1, -0.05) is 29.5 Å². The normalized spacial score (nSPS) is 12.1. The smallest absolute Gasteiger partial charge is 0.349 e. The van der Waals surface area contributed by atoms with Crippen molar-refractivity contribution in [3.8, 4) is 0 Å². The van der Waals surface area contributed by atoms with E-state index in [1.165, 1.54) is 19.1 Å². The second kappa shape index (κ2) is 6.48. The maximum absolute atomic E-state index is 12.7. The lowest BCUT2D eigenvalue weighted by atomic mass is 10.0. The Labute approximate surface area is 146 Å². The van der Waals surface area contributed by atoms with E-state index >= 15 is 0 Å². The Morgan fingerprint density at radius 1 is 1.24 bits per heavy atom. The summed E-state index contributed by atoms with van der Waals surface area (Å²) in [6, 6.07) is 9.92. The molecular formula is C17H14N2O5S. The van der Waals surface area contributed by atoms with E-state index in [9.17, 15) is 19.7 Å². The van der Waals surface area contributed by atoms with Crippen LogP contribution in [0.4, 0.5) is 5.00 Å². The maximum Gasteiger partial charge on any atom is 0.349 e. The lowest BCUT2D eigenvalue weighted by molar-refractivity contribution is -0.380. The lowest BCUT2D eigenvalue weighted by Crippen LogP contribution is -2.24. The number of carbonyl (C=O) groups is 2. The van der Waals surface area contributed by atoms with Crippen molar-refractivity contribution in [2.75, 3.05) is 0 Å². The minimum atomic E-state index is -1.01. The van der Waals surface area contributed by atoms with Gasteiger partial charge in [0.1, 0.15) is 4.88 Å². The summed E-state index contributed by atoms with van der Waals surface area (Å²) >= 11 is 0.715. The predicted octanol–water partition coefficient (Wildman–Crippen LogP) is 3.87. The van der Waals surface area contributed by atoms with E-state index in [2.05, 4.69) is 4.98 Å². The van der Waals surface area contributed by atoms with Crippen molar-refractivity contribution in [1.29, 1.82) is 0 Å². The van der Waals surface area contributed by atoms with Crippen molar-refractivity contribution >= 4 is 39.0 Å². The summed E-state index contributed by atoms with van der Waals surface area (Å²) < 4.78 is 5.20. The number of carbonyl (C=O) groups excluding carboxylic acids is 2. The molecule has 0 fully saturated rings. The Bertz CT molecular complexity index is 988. The van der Waals surface area contributed by atoms with Crippen LogP contribution in [-0.4, -0.2) is 27.8 Å². The number of ketones is 1. The molecule has 2 heterocycles. The highest BCUT2D eigenvalue weighted by Crippen LogP contribution is 2.26. The van der Waals surface area contributed by atoms with Crippen molar-refractivity contribution in [3.05, 3.63) is 62.6 Å². The number of rotatable bonds is 5. The third-order valence-electron chi connectivity index (χ3n) is 3.77. The van der Waals surface area contributed by atoms with Crippen LogP contribution in [0.2, 0.25) is 0 Å². The zero-order valence-electron chi connectivity index (χ0n) is 13.4. The fourth-order valence-corrected chi connectivity index (χ4v) is 3.31. The molecule has 0 spiro atoms. The zero-order chi connectivity index (χ0) is 18.1. The molecule has 0 amide bonds. The van der Waals surface area contributed by atoms with Crippen LogP contribution in [0.5, 0.6) is 0 Å². The van der Waals surface area contributed by atoms with E-state index in [1.54, 1.807) is 6.92 Å². The number of thiophene rings is 1. The van der Waals surface area contributed by atoms with Crippen LogP contribution < -0.4 is 0 Å². The minimum Gasteiger partial charge on any atom is -0.450 e. The number of nitrogens with one attached hydrogen (secondary N) is 1. The Hall–Kier alpha value is -3.00. The number of para-hydroxylation sites is 1. The van der Waals surface area contributed by atoms with Crippen molar-refractivity contribution in [1.82, 2.24) is 4.98 Å². The summed E-state index contributed by atoms with van der Waals surface area (Å²) in [7, 11) is 0. The lowest BCUT2D eigenvalue weighted by Gasteiger charge is -2.11. The highest BCUT2D eigenvalue weighted by atomic mass is 32.1. The molecule has 0 saturated carbocycles. The summed E-state index contributed by atoms with van der Waals surface area (Å²) in [5.74, 6) is -1.08. The average molecular weight is 358 g/mol. The van der Waals surface area contributed by atoms with E-state index in [-0.39, 0.29) is 15.7 Å². The van der Waals surface area contributed by atoms with Gasteiger partial charge < -0.3 is 9.72 Å². The number of hydrogen-bond acceptors (Lipinski definition) is 6. The average Bonchev–Trinajstić information content (AvgIpc) is 3.18. The second-order valence-corrected chi connectivity index (χ2v) is 6.54. The van der Waals surface area contributed by atoms with E-state index in [4.69, 9.17) is 4.74 Å². The molecule has 1 atom stereocenters. The van der Waals surface area contributed by atoms with Gasteiger partial charge in [0.25, 0.3) is 0 Å². The van der Waals surface area contributed by atoms with Crippen LogP contribution in [0.1, 0.15) is 32.6 Å².